The third-order valence-electron chi connectivity index (χ3n) is 2.97. The maximum Gasteiger partial charge on any atom is 0.416 e. The number of urea groups is 1. The molecule has 0 unspecified atom stereocenters. The summed E-state index contributed by atoms with van der Waals surface area (Å²) in [6.07, 6.45) is -4.05. The minimum atomic E-state index is -4.60. The van der Waals surface area contributed by atoms with Crippen molar-refractivity contribution in [2.24, 2.45) is 0 Å². The van der Waals surface area contributed by atoms with Gasteiger partial charge < -0.3 is 14.8 Å². The van der Waals surface area contributed by atoms with E-state index in [1.807, 2.05) is 12.2 Å². The molecule has 144 valence electrons. The lowest BCUT2D eigenvalue weighted by atomic mass is 10.1. The number of halogens is 3. The molecule has 0 spiro atoms. The minimum Gasteiger partial charge on any atom is -0.452 e. The summed E-state index contributed by atoms with van der Waals surface area (Å²) in [6, 6.07) is 2.82. The molecule has 0 bridgehead atoms. The molecule has 10 heteroatoms. The van der Waals surface area contributed by atoms with Crippen LogP contribution in [0.5, 0.6) is 0 Å². The highest BCUT2D eigenvalue weighted by Crippen LogP contribution is 2.29. The van der Waals surface area contributed by atoms with Crippen molar-refractivity contribution in [2.75, 3.05) is 26.4 Å². The average Bonchev–Trinajstić information content (AvgIpc) is 2.59. The predicted molar refractivity (Wildman–Crippen MR) is 84.4 cm³/mol. The van der Waals surface area contributed by atoms with Gasteiger partial charge in [0.05, 0.1) is 11.1 Å². The van der Waals surface area contributed by atoms with Crippen LogP contribution < -0.4 is 10.6 Å². The number of alkyl halides is 3. The Balaban J connectivity index is 2.38. The molecule has 7 nitrogen and oxygen atoms in total. The summed E-state index contributed by atoms with van der Waals surface area (Å²) in [5.74, 6) is -2.02. The second kappa shape index (κ2) is 10.4. The molecule has 0 aliphatic carbocycles. The van der Waals surface area contributed by atoms with E-state index in [1.54, 1.807) is 0 Å². The molecule has 0 aliphatic rings. The lowest BCUT2D eigenvalue weighted by Gasteiger charge is -2.09. The highest BCUT2D eigenvalue weighted by atomic mass is 19.4. The van der Waals surface area contributed by atoms with Crippen molar-refractivity contribution in [1.29, 1.82) is 0 Å². The smallest absolute Gasteiger partial charge is 0.416 e. The molecule has 0 atom stereocenters. The summed E-state index contributed by atoms with van der Waals surface area (Å²) in [5, 5.41) is 4.33. The van der Waals surface area contributed by atoms with Gasteiger partial charge in [0.1, 0.15) is 0 Å². The van der Waals surface area contributed by atoms with Gasteiger partial charge in [-0.05, 0) is 31.5 Å². The van der Waals surface area contributed by atoms with Gasteiger partial charge in [0.15, 0.2) is 6.61 Å². The summed E-state index contributed by atoms with van der Waals surface area (Å²) in [7, 11) is 0. The van der Waals surface area contributed by atoms with Crippen molar-refractivity contribution in [3.8, 4) is 0 Å². The van der Waals surface area contributed by atoms with Crippen molar-refractivity contribution >= 4 is 17.9 Å². The Morgan fingerprint density at radius 3 is 2.58 bits per heavy atom. The molecule has 0 fully saturated rings. The topological polar surface area (TPSA) is 93.7 Å². The van der Waals surface area contributed by atoms with Crippen molar-refractivity contribution in [2.45, 2.75) is 19.5 Å². The van der Waals surface area contributed by atoms with E-state index in [0.717, 1.165) is 18.2 Å². The van der Waals surface area contributed by atoms with Gasteiger partial charge in [0, 0.05) is 19.8 Å². The molecule has 0 aliphatic heterocycles. The third kappa shape index (κ3) is 7.97. The highest BCUT2D eigenvalue weighted by molar-refractivity contribution is 5.97. The first kappa shape index (κ1) is 21.4. The Morgan fingerprint density at radius 2 is 1.92 bits per heavy atom. The molecule has 3 amide bonds. The van der Waals surface area contributed by atoms with Crippen LogP contribution in [0, 0.1) is 0 Å². The van der Waals surface area contributed by atoms with Crippen LogP contribution in [0.25, 0.3) is 0 Å². The average molecular weight is 376 g/mol. The predicted octanol–water partition coefficient (Wildman–Crippen LogP) is 2.11. The monoisotopic (exact) mass is 376 g/mol. The van der Waals surface area contributed by atoms with Crippen LogP contribution in [0.2, 0.25) is 0 Å². The minimum absolute atomic E-state index is 0.281. The maximum absolute atomic E-state index is 12.6. The van der Waals surface area contributed by atoms with Gasteiger partial charge in [-0.2, -0.15) is 13.2 Å². The Morgan fingerprint density at radius 1 is 1.19 bits per heavy atom. The molecule has 0 saturated heterocycles. The number of carbonyl (C=O) groups is 3. The summed E-state index contributed by atoms with van der Waals surface area (Å²) < 4.78 is 47.4. The Hall–Kier alpha value is -2.62. The van der Waals surface area contributed by atoms with Crippen LogP contribution in [0.1, 0.15) is 29.3 Å². The van der Waals surface area contributed by atoms with Crippen LogP contribution in [0.3, 0.4) is 0 Å². The zero-order valence-electron chi connectivity index (χ0n) is 14.0. The van der Waals surface area contributed by atoms with Gasteiger partial charge in [0.25, 0.3) is 5.91 Å². The van der Waals surface area contributed by atoms with Gasteiger partial charge in [-0.25, -0.2) is 9.59 Å². The van der Waals surface area contributed by atoms with Crippen LogP contribution in [0.15, 0.2) is 24.3 Å². The molecule has 2 N–H and O–H groups in total. The first-order valence-corrected chi connectivity index (χ1v) is 7.74. The van der Waals surface area contributed by atoms with E-state index in [2.05, 4.69) is 10.1 Å². The lowest BCUT2D eigenvalue weighted by Crippen LogP contribution is -2.41. The molecular weight excluding hydrogens is 357 g/mol. The fraction of sp³-hybridized carbons (Fsp3) is 0.438. The van der Waals surface area contributed by atoms with E-state index in [9.17, 15) is 27.6 Å². The molecule has 26 heavy (non-hydrogen) atoms. The Kier molecular flexibility index (Phi) is 8.56. The standard InChI is InChI=1S/C16H19F3N2O5/c1-2-25-8-4-7-20-15(24)21-13(22)10-26-14(23)11-5-3-6-12(9-11)16(17,18)19/h3,5-6,9H,2,4,7-8,10H2,1H3,(H2,20,21,22,24). The number of imide groups is 1. The molecule has 0 radical (unpaired) electrons. The van der Waals surface area contributed by atoms with Crippen LogP contribution in [-0.2, 0) is 20.4 Å². The highest BCUT2D eigenvalue weighted by Gasteiger charge is 2.31. The second-order valence-electron chi connectivity index (χ2n) is 5.01. The zero-order chi connectivity index (χ0) is 19.6. The van der Waals surface area contributed by atoms with Crippen molar-refractivity contribution in [1.82, 2.24) is 10.6 Å². The van der Waals surface area contributed by atoms with Gasteiger partial charge >= 0.3 is 18.2 Å². The largest absolute Gasteiger partial charge is 0.452 e. The number of hydrogen-bond donors (Lipinski definition) is 2. The maximum atomic E-state index is 12.6. The summed E-state index contributed by atoms with van der Waals surface area (Å²) in [4.78, 5) is 34.6. The van der Waals surface area contributed by atoms with E-state index in [-0.39, 0.29) is 12.1 Å². The molecular formula is C16H19F3N2O5. The zero-order valence-corrected chi connectivity index (χ0v) is 14.0. The van der Waals surface area contributed by atoms with Crippen LogP contribution >= 0.6 is 0 Å². The van der Waals surface area contributed by atoms with E-state index in [4.69, 9.17) is 4.74 Å². The molecule has 0 aromatic heterocycles. The molecule has 0 saturated carbocycles. The quantitative estimate of drug-likeness (QED) is 0.535. The van der Waals surface area contributed by atoms with E-state index in [1.165, 1.54) is 0 Å². The van der Waals surface area contributed by atoms with E-state index >= 15 is 0 Å². The normalized spacial score (nSPS) is 10.9. The molecule has 1 aromatic carbocycles. The van der Waals surface area contributed by atoms with Crippen molar-refractivity contribution in [3.05, 3.63) is 35.4 Å². The summed E-state index contributed by atoms with van der Waals surface area (Å²) >= 11 is 0. The summed E-state index contributed by atoms with van der Waals surface area (Å²) in [5.41, 5.74) is -1.36. The first-order chi connectivity index (χ1) is 12.2. The SMILES string of the molecule is CCOCCCNC(=O)NC(=O)COC(=O)c1cccc(C(F)(F)F)c1. The number of benzene rings is 1. The first-order valence-electron chi connectivity index (χ1n) is 7.74. The fourth-order valence-electron chi connectivity index (χ4n) is 1.76. The fourth-order valence-corrected chi connectivity index (χ4v) is 1.76. The van der Waals surface area contributed by atoms with Gasteiger partial charge in [-0.3, -0.25) is 10.1 Å². The van der Waals surface area contributed by atoms with Crippen molar-refractivity contribution < 1.29 is 37.0 Å². The molecule has 1 rings (SSSR count). The number of carbonyl (C=O) groups excluding carboxylic acids is 3. The number of nitrogens with one attached hydrogen (secondary N) is 2. The Bertz CT molecular complexity index is 635. The third-order valence-corrected chi connectivity index (χ3v) is 2.97. The Labute approximate surface area is 147 Å². The molecule has 1 aromatic rings. The second-order valence-corrected chi connectivity index (χ2v) is 5.01. The number of esters is 1. The van der Waals surface area contributed by atoms with Crippen LogP contribution in [0.4, 0.5) is 18.0 Å². The number of amides is 3. The van der Waals surface area contributed by atoms with E-state index < -0.39 is 36.3 Å². The molecule has 0 heterocycles. The number of rotatable bonds is 8. The van der Waals surface area contributed by atoms with Gasteiger partial charge in [-0.1, -0.05) is 6.07 Å². The number of ether oxygens (including phenoxy) is 2. The number of hydrogen-bond acceptors (Lipinski definition) is 5. The van der Waals surface area contributed by atoms with Gasteiger partial charge in [0.2, 0.25) is 0 Å². The van der Waals surface area contributed by atoms with Crippen LogP contribution in [-0.4, -0.2) is 44.3 Å². The van der Waals surface area contributed by atoms with E-state index in [0.29, 0.717) is 25.7 Å². The summed E-state index contributed by atoms with van der Waals surface area (Å²) in [6.45, 7) is 2.32. The van der Waals surface area contributed by atoms with Gasteiger partial charge in [-0.15, -0.1) is 0 Å². The lowest BCUT2D eigenvalue weighted by molar-refractivity contribution is -0.137. The van der Waals surface area contributed by atoms with Crippen molar-refractivity contribution in [3.63, 3.8) is 0 Å².